The molecule has 2 aromatic heterocycles. The summed E-state index contributed by atoms with van der Waals surface area (Å²) >= 11 is 0. The van der Waals surface area contributed by atoms with Crippen LogP contribution in [0.15, 0.2) is 24.5 Å². The number of aryl methyl sites for hydroxylation is 1. The Bertz CT molecular complexity index is 689. The highest BCUT2D eigenvalue weighted by Crippen LogP contribution is 2.27. The molecule has 0 aliphatic carbocycles. The number of aromatic nitrogens is 4. The van der Waals surface area contributed by atoms with E-state index in [4.69, 9.17) is 10.1 Å². The summed E-state index contributed by atoms with van der Waals surface area (Å²) in [4.78, 5) is 22.5. The van der Waals surface area contributed by atoms with E-state index in [0.29, 0.717) is 12.3 Å². The van der Waals surface area contributed by atoms with E-state index in [2.05, 4.69) is 22.7 Å². The number of carbonyl (C=O) groups excluding carboxylic acids is 1. The molecule has 0 aromatic carbocycles. The average Bonchev–Trinajstić information content (AvgIpc) is 3.03. The van der Waals surface area contributed by atoms with Gasteiger partial charge >= 0.3 is 0 Å². The van der Waals surface area contributed by atoms with Crippen molar-refractivity contribution in [2.24, 2.45) is 0 Å². The van der Waals surface area contributed by atoms with Crippen LogP contribution in [0, 0.1) is 0 Å². The predicted octanol–water partition coefficient (Wildman–Crippen LogP) is 2.79. The van der Waals surface area contributed by atoms with E-state index in [1.807, 2.05) is 17.2 Å². The summed E-state index contributed by atoms with van der Waals surface area (Å²) in [6.45, 7) is 6.39. The molecule has 2 aromatic rings. The Morgan fingerprint density at radius 3 is 2.76 bits per heavy atom. The minimum atomic E-state index is 0.170. The number of pyridine rings is 1. The van der Waals surface area contributed by atoms with Crippen LogP contribution in [-0.2, 0) is 17.8 Å². The van der Waals surface area contributed by atoms with Crippen molar-refractivity contribution >= 4 is 5.91 Å². The third kappa shape index (κ3) is 4.44. The first-order chi connectivity index (χ1) is 12.2. The summed E-state index contributed by atoms with van der Waals surface area (Å²) in [5, 5.41) is 4.77. The van der Waals surface area contributed by atoms with Gasteiger partial charge in [0.15, 0.2) is 5.82 Å². The fraction of sp³-hybridized carbons (Fsp3) is 0.579. The summed E-state index contributed by atoms with van der Waals surface area (Å²) in [7, 11) is 0. The standard InChI is InChI=1S/C19H27N5O/c1-3-4-10-24-19(17-7-11-23(12-8-17)15(2)25)21-18(22-24)13-16-6-5-9-20-14-16/h5-6,9,14,17H,3-4,7-8,10-13H2,1-2H3. The predicted molar refractivity (Wildman–Crippen MR) is 96.2 cm³/mol. The van der Waals surface area contributed by atoms with E-state index < -0.39 is 0 Å². The van der Waals surface area contributed by atoms with Crippen molar-refractivity contribution in [1.82, 2.24) is 24.6 Å². The maximum absolute atomic E-state index is 11.5. The first kappa shape index (κ1) is 17.6. The molecule has 3 heterocycles. The molecule has 0 N–H and O–H groups in total. The molecular weight excluding hydrogens is 314 g/mol. The van der Waals surface area contributed by atoms with Crippen LogP contribution in [0.5, 0.6) is 0 Å². The molecule has 1 aliphatic heterocycles. The van der Waals surface area contributed by atoms with E-state index in [9.17, 15) is 4.79 Å². The van der Waals surface area contributed by atoms with E-state index in [1.165, 1.54) is 0 Å². The molecule has 3 rings (SSSR count). The highest BCUT2D eigenvalue weighted by molar-refractivity contribution is 5.73. The molecular formula is C19H27N5O. The van der Waals surface area contributed by atoms with Crippen LogP contribution in [-0.4, -0.2) is 43.6 Å². The number of nitrogens with zero attached hydrogens (tertiary/aromatic N) is 5. The van der Waals surface area contributed by atoms with Gasteiger partial charge in [0.25, 0.3) is 0 Å². The molecule has 1 aliphatic rings. The largest absolute Gasteiger partial charge is 0.343 e. The van der Waals surface area contributed by atoms with Gasteiger partial charge in [0.05, 0.1) is 0 Å². The fourth-order valence-electron chi connectivity index (χ4n) is 3.39. The molecule has 6 heteroatoms. The van der Waals surface area contributed by atoms with Gasteiger partial charge in [-0.05, 0) is 30.9 Å². The van der Waals surface area contributed by atoms with Crippen molar-refractivity contribution < 1.29 is 4.79 Å². The van der Waals surface area contributed by atoms with Crippen LogP contribution in [0.25, 0.3) is 0 Å². The van der Waals surface area contributed by atoms with Gasteiger partial charge in [0.1, 0.15) is 5.82 Å². The lowest BCUT2D eigenvalue weighted by atomic mass is 9.96. The summed E-state index contributed by atoms with van der Waals surface area (Å²) < 4.78 is 2.10. The van der Waals surface area contributed by atoms with Crippen LogP contribution in [0.2, 0.25) is 0 Å². The fourth-order valence-corrected chi connectivity index (χ4v) is 3.39. The maximum Gasteiger partial charge on any atom is 0.219 e. The molecule has 0 saturated carbocycles. The Morgan fingerprint density at radius 2 is 2.12 bits per heavy atom. The summed E-state index contributed by atoms with van der Waals surface area (Å²) in [6, 6.07) is 4.01. The van der Waals surface area contributed by atoms with Gasteiger partial charge in [-0.15, -0.1) is 0 Å². The summed E-state index contributed by atoms with van der Waals surface area (Å²) in [6.07, 6.45) is 8.55. The summed E-state index contributed by atoms with van der Waals surface area (Å²) in [5.41, 5.74) is 1.13. The Balaban J connectivity index is 1.76. The second-order valence-electron chi connectivity index (χ2n) is 6.78. The lowest BCUT2D eigenvalue weighted by Gasteiger charge is -2.30. The quantitative estimate of drug-likeness (QED) is 0.810. The number of hydrogen-bond acceptors (Lipinski definition) is 4. The molecule has 1 fully saturated rings. The lowest BCUT2D eigenvalue weighted by molar-refractivity contribution is -0.129. The van der Waals surface area contributed by atoms with Crippen LogP contribution >= 0.6 is 0 Å². The van der Waals surface area contributed by atoms with Crippen LogP contribution in [0.1, 0.15) is 62.7 Å². The van der Waals surface area contributed by atoms with Crippen molar-refractivity contribution in [2.45, 2.75) is 58.4 Å². The van der Waals surface area contributed by atoms with E-state index in [0.717, 1.165) is 62.5 Å². The second kappa shape index (κ2) is 8.23. The van der Waals surface area contributed by atoms with Gasteiger partial charge in [-0.2, -0.15) is 5.10 Å². The molecule has 0 spiro atoms. The van der Waals surface area contributed by atoms with Gasteiger partial charge in [-0.25, -0.2) is 9.67 Å². The highest BCUT2D eigenvalue weighted by atomic mass is 16.2. The third-order valence-corrected chi connectivity index (χ3v) is 4.86. The Morgan fingerprint density at radius 1 is 1.32 bits per heavy atom. The number of carbonyl (C=O) groups is 1. The van der Waals surface area contributed by atoms with Gasteiger partial charge in [0.2, 0.25) is 5.91 Å². The topological polar surface area (TPSA) is 63.9 Å². The molecule has 0 bridgehead atoms. The Kier molecular flexibility index (Phi) is 5.79. The molecule has 6 nitrogen and oxygen atoms in total. The number of rotatable bonds is 6. The average molecular weight is 341 g/mol. The maximum atomic E-state index is 11.5. The molecule has 1 amide bonds. The minimum absolute atomic E-state index is 0.170. The van der Waals surface area contributed by atoms with Crippen molar-refractivity contribution in [1.29, 1.82) is 0 Å². The first-order valence-corrected chi connectivity index (χ1v) is 9.25. The first-order valence-electron chi connectivity index (χ1n) is 9.25. The zero-order chi connectivity index (χ0) is 17.6. The zero-order valence-electron chi connectivity index (χ0n) is 15.2. The number of hydrogen-bond donors (Lipinski definition) is 0. The third-order valence-electron chi connectivity index (χ3n) is 4.86. The van der Waals surface area contributed by atoms with Gasteiger partial charge in [-0.1, -0.05) is 19.4 Å². The van der Waals surface area contributed by atoms with Gasteiger partial charge in [0, 0.05) is 51.3 Å². The number of piperidine rings is 1. The van der Waals surface area contributed by atoms with Crippen LogP contribution in [0.3, 0.4) is 0 Å². The zero-order valence-corrected chi connectivity index (χ0v) is 15.2. The van der Waals surface area contributed by atoms with E-state index >= 15 is 0 Å². The van der Waals surface area contributed by atoms with E-state index in [-0.39, 0.29) is 5.91 Å². The summed E-state index contributed by atoms with van der Waals surface area (Å²) in [5.74, 6) is 2.52. The number of amides is 1. The minimum Gasteiger partial charge on any atom is -0.343 e. The highest BCUT2D eigenvalue weighted by Gasteiger charge is 2.26. The van der Waals surface area contributed by atoms with Crippen LogP contribution < -0.4 is 0 Å². The molecule has 0 atom stereocenters. The van der Waals surface area contributed by atoms with Crippen molar-refractivity contribution in [2.75, 3.05) is 13.1 Å². The van der Waals surface area contributed by atoms with Crippen molar-refractivity contribution in [3.05, 3.63) is 41.7 Å². The van der Waals surface area contributed by atoms with E-state index in [1.54, 1.807) is 13.1 Å². The smallest absolute Gasteiger partial charge is 0.219 e. The molecule has 25 heavy (non-hydrogen) atoms. The monoisotopic (exact) mass is 341 g/mol. The normalized spacial score (nSPS) is 15.5. The molecule has 134 valence electrons. The van der Waals surface area contributed by atoms with Gasteiger partial charge < -0.3 is 4.90 Å². The molecule has 1 saturated heterocycles. The Labute approximate surface area is 149 Å². The Hall–Kier alpha value is -2.24. The molecule has 0 unspecified atom stereocenters. The number of likely N-dealkylation sites (tertiary alicyclic amines) is 1. The van der Waals surface area contributed by atoms with Gasteiger partial charge in [-0.3, -0.25) is 9.78 Å². The number of unbranched alkanes of at least 4 members (excludes halogenated alkanes) is 1. The van der Waals surface area contributed by atoms with Crippen LogP contribution in [0.4, 0.5) is 0 Å². The van der Waals surface area contributed by atoms with Crippen molar-refractivity contribution in [3.8, 4) is 0 Å². The van der Waals surface area contributed by atoms with Crippen molar-refractivity contribution in [3.63, 3.8) is 0 Å². The lowest BCUT2D eigenvalue weighted by Crippen LogP contribution is -2.37. The second-order valence-corrected chi connectivity index (χ2v) is 6.78. The molecule has 0 radical (unpaired) electrons. The SMILES string of the molecule is CCCCn1nc(Cc2cccnc2)nc1C1CCN(C(C)=O)CC1.